The molecule has 6 nitrogen and oxygen atoms in total. The fourth-order valence-corrected chi connectivity index (χ4v) is 4.69. The van der Waals surface area contributed by atoms with Crippen LogP contribution in [0.3, 0.4) is 0 Å². The molecule has 0 saturated carbocycles. The number of aromatic amines is 1. The highest BCUT2D eigenvalue weighted by Gasteiger charge is 2.10. The summed E-state index contributed by atoms with van der Waals surface area (Å²) in [6, 6.07) is 30.4. The highest BCUT2D eigenvalue weighted by Crippen LogP contribution is 2.28. The Balaban J connectivity index is 1.27. The lowest BCUT2D eigenvalue weighted by atomic mass is 10.1. The van der Waals surface area contributed by atoms with Crippen LogP contribution >= 0.6 is 0 Å². The van der Waals surface area contributed by atoms with Crippen LogP contribution < -0.4 is 9.47 Å². The summed E-state index contributed by atoms with van der Waals surface area (Å²) in [4.78, 5) is 7.60. The fraction of sp³-hybridized carbons (Fsp3) is 0.0857. The second kappa shape index (κ2) is 11.8. The molecule has 3 aromatic carbocycles. The number of fused-ring (bicyclic) bond motifs is 1. The summed E-state index contributed by atoms with van der Waals surface area (Å²) in [7, 11) is 1.66. The maximum absolute atomic E-state index is 5.92. The first kappa shape index (κ1) is 25.9. The van der Waals surface area contributed by atoms with Gasteiger partial charge in [-0.2, -0.15) is 5.10 Å². The molecule has 6 aromatic rings. The smallest absolute Gasteiger partial charge is 0.130 e. The molecule has 41 heavy (non-hydrogen) atoms. The molecule has 0 saturated heterocycles. The molecule has 0 fully saturated rings. The number of pyridine rings is 1. The number of hydrogen-bond acceptors (Lipinski definition) is 4. The highest BCUT2D eigenvalue weighted by atomic mass is 16.5. The van der Waals surface area contributed by atoms with Gasteiger partial charge in [-0.3, -0.25) is 4.98 Å². The lowest BCUT2D eigenvalue weighted by Crippen LogP contribution is -2.01. The van der Waals surface area contributed by atoms with E-state index >= 15 is 0 Å². The van der Waals surface area contributed by atoms with E-state index in [1.807, 2.05) is 71.6 Å². The van der Waals surface area contributed by atoms with Crippen molar-refractivity contribution >= 4 is 35.2 Å². The van der Waals surface area contributed by atoms with Crippen molar-refractivity contribution in [3.05, 3.63) is 137 Å². The molecule has 0 atom stereocenters. The Morgan fingerprint density at radius 2 is 1.76 bits per heavy atom. The summed E-state index contributed by atoms with van der Waals surface area (Å²) >= 11 is 0. The Hall–Kier alpha value is -5.36. The average molecular weight is 539 g/mol. The SMILES string of the molecule is COc1cc(OCc2ccccn2)ccc1C=Cc1cc(C=Cc2ccc3cc[nH]c3c2)n(-c2ccccc2C)n1. The number of rotatable bonds is 9. The van der Waals surface area contributed by atoms with E-state index in [-0.39, 0.29) is 0 Å². The van der Waals surface area contributed by atoms with Crippen molar-refractivity contribution in [2.75, 3.05) is 7.11 Å². The Morgan fingerprint density at radius 1 is 0.854 bits per heavy atom. The van der Waals surface area contributed by atoms with E-state index in [1.165, 1.54) is 5.39 Å². The third kappa shape index (κ3) is 5.97. The van der Waals surface area contributed by atoms with Gasteiger partial charge < -0.3 is 14.5 Å². The number of nitrogens with zero attached hydrogens (tertiary/aromatic N) is 3. The van der Waals surface area contributed by atoms with E-state index in [4.69, 9.17) is 14.6 Å². The summed E-state index contributed by atoms with van der Waals surface area (Å²) in [6.45, 7) is 2.49. The summed E-state index contributed by atoms with van der Waals surface area (Å²) in [5.41, 5.74) is 8.04. The first-order chi connectivity index (χ1) is 20.2. The van der Waals surface area contributed by atoms with Crippen LogP contribution in [0.15, 0.2) is 103 Å². The topological polar surface area (TPSA) is 65.0 Å². The zero-order valence-corrected chi connectivity index (χ0v) is 23.0. The van der Waals surface area contributed by atoms with Crippen LogP contribution in [0.4, 0.5) is 0 Å². The van der Waals surface area contributed by atoms with Crippen molar-refractivity contribution in [2.45, 2.75) is 13.5 Å². The van der Waals surface area contributed by atoms with Gasteiger partial charge in [-0.15, -0.1) is 0 Å². The molecule has 6 heteroatoms. The predicted octanol–water partition coefficient (Wildman–Crippen LogP) is 7.99. The van der Waals surface area contributed by atoms with Crippen molar-refractivity contribution in [3.63, 3.8) is 0 Å². The number of para-hydroxylation sites is 1. The lowest BCUT2D eigenvalue weighted by molar-refractivity contribution is 0.299. The number of H-pyrrole nitrogens is 1. The molecule has 0 aliphatic rings. The Kier molecular flexibility index (Phi) is 7.45. The fourth-order valence-electron chi connectivity index (χ4n) is 4.69. The average Bonchev–Trinajstić information content (AvgIpc) is 3.65. The van der Waals surface area contributed by atoms with Gasteiger partial charge in [0.25, 0.3) is 0 Å². The molecular formula is C35H30N4O2. The third-order valence-corrected chi connectivity index (χ3v) is 6.88. The van der Waals surface area contributed by atoms with Crippen molar-refractivity contribution < 1.29 is 9.47 Å². The molecule has 202 valence electrons. The summed E-state index contributed by atoms with van der Waals surface area (Å²) in [5, 5.41) is 6.14. The molecule has 1 N–H and O–H groups in total. The first-order valence-corrected chi connectivity index (χ1v) is 13.5. The summed E-state index contributed by atoms with van der Waals surface area (Å²) in [5.74, 6) is 1.44. The van der Waals surface area contributed by atoms with Crippen molar-refractivity contribution in [3.8, 4) is 17.2 Å². The molecule has 0 amide bonds. The Morgan fingerprint density at radius 3 is 2.61 bits per heavy atom. The van der Waals surface area contributed by atoms with Gasteiger partial charge in [0.1, 0.15) is 18.1 Å². The molecular weight excluding hydrogens is 508 g/mol. The van der Waals surface area contributed by atoms with Crippen molar-refractivity contribution in [1.29, 1.82) is 0 Å². The maximum atomic E-state index is 5.92. The zero-order chi connectivity index (χ0) is 28.0. The van der Waals surface area contributed by atoms with Crippen LogP contribution in [0, 0.1) is 6.92 Å². The van der Waals surface area contributed by atoms with Gasteiger partial charge >= 0.3 is 0 Å². The molecule has 6 rings (SSSR count). The minimum atomic E-state index is 0.394. The lowest BCUT2D eigenvalue weighted by Gasteiger charge is -2.10. The van der Waals surface area contributed by atoms with Gasteiger partial charge in [-0.05, 0) is 90.2 Å². The minimum absolute atomic E-state index is 0.394. The standard InChI is InChI=1S/C35H30N4O2/c1-25-7-3-4-9-34(25)39-31(16-11-26-10-12-27-18-20-37-33(27)21-26)22-29(38-39)15-13-28-14-17-32(23-35(28)40-2)41-24-30-8-5-6-19-36-30/h3-23,37H,24H2,1-2H3. The number of ether oxygens (including phenoxy) is 2. The predicted molar refractivity (Wildman–Crippen MR) is 166 cm³/mol. The second-order valence-corrected chi connectivity index (χ2v) is 9.70. The minimum Gasteiger partial charge on any atom is -0.496 e. The van der Waals surface area contributed by atoms with E-state index in [2.05, 4.69) is 71.5 Å². The molecule has 0 bridgehead atoms. The molecule has 0 unspecified atom stereocenters. The van der Waals surface area contributed by atoms with Crippen LogP contribution in [0.2, 0.25) is 0 Å². The van der Waals surface area contributed by atoms with E-state index in [1.54, 1.807) is 13.3 Å². The third-order valence-electron chi connectivity index (χ3n) is 6.88. The number of methoxy groups -OCH3 is 1. The van der Waals surface area contributed by atoms with Crippen LogP contribution in [-0.2, 0) is 6.61 Å². The summed E-state index contributed by atoms with van der Waals surface area (Å²) < 4.78 is 13.6. The van der Waals surface area contributed by atoms with E-state index in [9.17, 15) is 0 Å². The van der Waals surface area contributed by atoms with Gasteiger partial charge in [-0.1, -0.05) is 42.5 Å². The molecule has 0 radical (unpaired) electrons. The number of aryl methyl sites for hydroxylation is 1. The van der Waals surface area contributed by atoms with Crippen LogP contribution in [0.25, 0.3) is 40.9 Å². The van der Waals surface area contributed by atoms with E-state index < -0.39 is 0 Å². The highest BCUT2D eigenvalue weighted by molar-refractivity contribution is 5.83. The van der Waals surface area contributed by atoms with E-state index in [0.717, 1.165) is 56.5 Å². The monoisotopic (exact) mass is 538 g/mol. The van der Waals surface area contributed by atoms with Crippen molar-refractivity contribution in [2.24, 2.45) is 0 Å². The van der Waals surface area contributed by atoms with Gasteiger partial charge in [0.05, 0.1) is 29.9 Å². The van der Waals surface area contributed by atoms with Crippen molar-refractivity contribution in [1.82, 2.24) is 19.7 Å². The van der Waals surface area contributed by atoms with Gasteiger partial charge in [0, 0.05) is 29.5 Å². The number of hydrogen-bond donors (Lipinski definition) is 1. The van der Waals surface area contributed by atoms with Crippen LogP contribution in [-0.4, -0.2) is 26.9 Å². The van der Waals surface area contributed by atoms with Gasteiger partial charge in [0.2, 0.25) is 0 Å². The van der Waals surface area contributed by atoms with E-state index in [0.29, 0.717) is 6.61 Å². The molecule has 0 spiro atoms. The number of aromatic nitrogens is 4. The van der Waals surface area contributed by atoms with Crippen LogP contribution in [0.5, 0.6) is 11.5 Å². The second-order valence-electron chi connectivity index (χ2n) is 9.70. The normalized spacial score (nSPS) is 11.6. The first-order valence-electron chi connectivity index (χ1n) is 13.5. The van der Waals surface area contributed by atoms with Crippen LogP contribution in [0.1, 0.15) is 33.8 Å². The molecule has 0 aliphatic heterocycles. The molecule has 0 aliphatic carbocycles. The van der Waals surface area contributed by atoms with Gasteiger partial charge in [-0.25, -0.2) is 4.68 Å². The largest absolute Gasteiger partial charge is 0.496 e. The number of benzene rings is 3. The Labute approximate surface area is 239 Å². The molecule has 3 aromatic heterocycles. The maximum Gasteiger partial charge on any atom is 0.130 e. The van der Waals surface area contributed by atoms with Gasteiger partial charge in [0.15, 0.2) is 0 Å². The quantitative estimate of drug-likeness (QED) is 0.203. The Bertz CT molecular complexity index is 1850. The molecule has 3 heterocycles. The number of nitrogens with one attached hydrogen (secondary N) is 1. The zero-order valence-electron chi connectivity index (χ0n) is 23.0. The summed E-state index contributed by atoms with van der Waals surface area (Å²) in [6.07, 6.45) is 12.0.